The SMILES string of the molecule is CC(=O)NCC1CCN(c2nc(C)cc(C)n2)CC1. The maximum atomic E-state index is 10.9. The highest BCUT2D eigenvalue weighted by molar-refractivity contribution is 5.72. The van der Waals surface area contributed by atoms with Gasteiger partial charge in [0.1, 0.15) is 0 Å². The molecule has 2 rings (SSSR count). The Balaban J connectivity index is 1.90. The lowest BCUT2D eigenvalue weighted by molar-refractivity contribution is -0.119. The molecule has 19 heavy (non-hydrogen) atoms. The lowest BCUT2D eigenvalue weighted by atomic mass is 9.97. The van der Waals surface area contributed by atoms with Crippen LogP contribution in [-0.2, 0) is 4.79 Å². The summed E-state index contributed by atoms with van der Waals surface area (Å²) < 4.78 is 0. The summed E-state index contributed by atoms with van der Waals surface area (Å²) in [5, 5.41) is 2.90. The topological polar surface area (TPSA) is 58.1 Å². The van der Waals surface area contributed by atoms with E-state index in [1.54, 1.807) is 6.92 Å². The molecule has 1 amide bonds. The van der Waals surface area contributed by atoms with Gasteiger partial charge in [0.15, 0.2) is 0 Å². The van der Waals surface area contributed by atoms with Crippen LogP contribution in [0.3, 0.4) is 0 Å². The first-order valence-corrected chi connectivity index (χ1v) is 6.86. The van der Waals surface area contributed by atoms with Crippen LogP contribution in [0.15, 0.2) is 6.07 Å². The van der Waals surface area contributed by atoms with Crippen LogP contribution in [0.1, 0.15) is 31.2 Å². The molecule has 0 saturated carbocycles. The van der Waals surface area contributed by atoms with Crippen LogP contribution in [0.25, 0.3) is 0 Å². The average Bonchev–Trinajstić information content (AvgIpc) is 2.36. The van der Waals surface area contributed by atoms with Crippen molar-refractivity contribution >= 4 is 11.9 Å². The van der Waals surface area contributed by atoms with Crippen molar-refractivity contribution in [2.45, 2.75) is 33.6 Å². The minimum absolute atomic E-state index is 0.0556. The minimum atomic E-state index is 0.0556. The third-order valence-corrected chi connectivity index (χ3v) is 3.51. The van der Waals surface area contributed by atoms with E-state index in [2.05, 4.69) is 20.2 Å². The molecule has 1 fully saturated rings. The highest BCUT2D eigenvalue weighted by Crippen LogP contribution is 2.20. The first kappa shape index (κ1) is 13.8. The van der Waals surface area contributed by atoms with Crippen molar-refractivity contribution in [1.29, 1.82) is 0 Å². The van der Waals surface area contributed by atoms with Gasteiger partial charge >= 0.3 is 0 Å². The summed E-state index contributed by atoms with van der Waals surface area (Å²) in [5.74, 6) is 1.47. The number of amides is 1. The fourth-order valence-corrected chi connectivity index (χ4v) is 2.47. The van der Waals surface area contributed by atoms with Gasteiger partial charge in [-0.25, -0.2) is 9.97 Å². The lowest BCUT2D eigenvalue weighted by Crippen LogP contribution is -2.39. The van der Waals surface area contributed by atoms with Gasteiger partial charge in [0.25, 0.3) is 0 Å². The molecule has 2 heterocycles. The molecule has 1 aromatic rings. The van der Waals surface area contributed by atoms with Crippen molar-refractivity contribution in [3.8, 4) is 0 Å². The Hall–Kier alpha value is -1.65. The molecule has 0 aliphatic carbocycles. The maximum Gasteiger partial charge on any atom is 0.225 e. The molecule has 1 aliphatic heterocycles. The van der Waals surface area contributed by atoms with Gasteiger partial charge in [-0.15, -0.1) is 0 Å². The van der Waals surface area contributed by atoms with Crippen molar-refractivity contribution in [2.75, 3.05) is 24.5 Å². The van der Waals surface area contributed by atoms with E-state index in [0.29, 0.717) is 5.92 Å². The Kier molecular flexibility index (Phi) is 4.35. The molecule has 0 aromatic carbocycles. The number of rotatable bonds is 3. The van der Waals surface area contributed by atoms with Crippen LogP contribution >= 0.6 is 0 Å². The maximum absolute atomic E-state index is 10.9. The first-order valence-electron chi connectivity index (χ1n) is 6.86. The summed E-state index contributed by atoms with van der Waals surface area (Å²) in [7, 11) is 0. The van der Waals surface area contributed by atoms with Crippen molar-refractivity contribution in [3.63, 3.8) is 0 Å². The number of aromatic nitrogens is 2. The molecule has 5 nitrogen and oxygen atoms in total. The van der Waals surface area contributed by atoms with E-state index >= 15 is 0 Å². The Morgan fingerprint density at radius 3 is 2.42 bits per heavy atom. The molecular weight excluding hydrogens is 240 g/mol. The van der Waals surface area contributed by atoms with Crippen LogP contribution in [-0.4, -0.2) is 35.5 Å². The van der Waals surface area contributed by atoms with Crippen LogP contribution in [0.2, 0.25) is 0 Å². The number of hydrogen-bond donors (Lipinski definition) is 1. The van der Waals surface area contributed by atoms with Gasteiger partial charge in [0.05, 0.1) is 0 Å². The second-order valence-electron chi connectivity index (χ2n) is 5.32. The van der Waals surface area contributed by atoms with Crippen LogP contribution in [0.4, 0.5) is 5.95 Å². The normalized spacial score (nSPS) is 16.5. The summed E-state index contributed by atoms with van der Waals surface area (Å²) in [5.41, 5.74) is 2.03. The molecule has 0 unspecified atom stereocenters. The lowest BCUT2D eigenvalue weighted by Gasteiger charge is -2.32. The van der Waals surface area contributed by atoms with Gasteiger partial charge in [-0.3, -0.25) is 4.79 Å². The number of aryl methyl sites for hydroxylation is 2. The van der Waals surface area contributed by atoms with Gasteiger partial charge in [-0.2, -0.15) is 0 Å². The molecule has 5 heteroatoms. The van der Waals surface area contributed by atoms with Crippen molar-refractivity contribution in [2.24, 2.45) is 5.92 Å². The zero-order chi connectivity index (χ0) is 13.8. The van der Waals surface area contributed by atoms with Crippen LogP contribution < -0.4 is 10.2 Å². The first-order chi connectivity index (χ1) is 9.04. The summed E-state index contributed by atoms with van der Waals surface area (Å²) >= 11 is 0. The van der Waals surface area contributed by atoms with E-state index in [4.69, 9.17) is 0 Å². The number of carbonyl (C=O) groups is 1. The quantitative estimate of drug-likeness (QED) is 0.895. The molecule has 0 bridgehead atoms. The molecule has 0 radical (unpaired) electrons. The van der Waals surface area contributed by atoms with E-state index in [0.717, 1.165) is 49.8 Å². The van der Waals surface area contributed by atoms with Crippen LogP contribution in [0, 0.1) is 19.8 Å². The van der Waals surface area contributed by atoms with E-state index in [1.165, 1.54) is 0 Å². The predicted octanol–water partition coefficient (Wildman–Crippen LogP) is 1.45. The van der Waals surface area contributed by atoms with Gasteiger partial charge in [-0.1, -0.05) is 0 Å². The molecule has 104 valence electrons. The summed E-state index contributed by atoms with van der Waals surface area (Å²) in [4.78, 5) is 22.2. The molecule has 0 atom stereocenters. The van der Waals surface area contributed by atoms with Gasteiger partial charge in [0, 0.05) is 37.9 Å². The predicted molar refractivity (Wildman–Crippen MR) is 75.1 cm³/mol. The minimum Gasteiger partial charge on any atom is -0.356 e. The van der Waals surface area contributed by atoms with Crippen molar-refractivity contribution in [1.82, 2.24) is 15.3 Å². The fourth-order valence-electron chi connectivity index (χ4n) is 2.47. The number of carbonyl (C=O) groups excluding carboxylic acids is 1. The zero-order valence-electron chi connectivity index (χ0n) is 11.9. The largest absolute Gasteiger partial charge is 0.356 e. The summed E-state index contributed by atoms with van der Waals surface area (Å²) in [6.07, 6.45) is 2.16. The summed E-state index contributed by atoms with van der Waals surface area (Å²) in [6, 6.07) is 1.99. The number of nitrogens with one attached hydrogen (secondary N) is 1. The second kappa shape index (κ2) is 5.99. The monoisotopic (exact) mass is 262 g/mol. The Morgan fingerprint density at radius 1 is 1.32 bits per heavy atom. The highest BCUT2D eigenvalue weighted by atomic mass is 16.1. The second-order valence-corrected chi connectivity index (χ2v) is 5.32. The highest BCUT2D eigenvalue weighted by Gasteiger charge is 2.21. The number of hydrogen-bond acceptors (Lipinski definition) is 4. The van der Waals surface area contributed by atoms with E-state index < -0.39 is 0 Å². The molecule has 1 N–H and O–H groups in total. The summed E-state index contributed by atoms with van der Waals surface area (Å²) in [6.45, 7) is 8.29. The third-order valence-electron chi connectivity index (χ3n) is 3.51. The van der Waals surface area contributed by atoms with Crippen LogP contribution in [0.5, 0.6) is 0 Å². The van der Waals surface area contributed by atoms with Crippen molar-refractivity contribution in [3.05, 3.63) is 17.5 Å². The van der Waals surface area contributed by atoms with Gasteiger partial charge < -0.3 is 10.2 Å². The third kappa shape index (κ3) is 3.91. The molecular formula is C14H22N4O. The average molecular weight is 262 g/mol. The molecule has 1 saturated heterocycles. The van der Waals surface area contributed by atoms with E-state index in [-0.39, 0.29) is 5.91 Å². The molecule has 0 spiro atoms. The molecule has 1 aromatic heterocycles. The van der Waals surface area contributed by atoms with E-state index in [1.807, 2.05) is 19.9 Å². The van der Waals surface area contributed by atoms with E-state index in [9.17, 15) is 4.79 Å². The van der Waals surface area contributed by atoms with Gasteiger partial charge in [-0.05, 0) is 38.7 Å². The number of piperidine rings is 1. The standard InChI is InChI=1S/C14H22N4O/c1-10-8-11(2)17-14(16-10)18-6-4-13(5-7-18)9-15-12(3)19/h8,13H,4-7,9H2,1-3H3,(H,15,19). The number of anilines is 1. The smallest absolute Gasteiger partial charge is 0.225 e. The Bertz CT molecular complexity index is 433. The number of nitrogens with zero attached hydrogens (tertiary/aromatic N) is 3. The molecule has 1 aliphatic rings. The van der Waals surface area contributed by atoms with Crippen molar-refractivity contribution < 1.29 is 4.79 Å². The fraction of sp³-hybridized carbons (Fsp3) is 0.643. The Morgan fingerprint density at radius 2 is 1.89 bits per heavy atom. The Labute approximate surface area is 114 Å². The van der Waals surface area contributed by atoms with Gasteiger partial charge in [0.2, 0.25) is 11.9 Å². The zero-order valence-corrected chi connectivity index (χ0v) is 11.9.